The van der Waals surface area contributed by atoms with Crippen LogP contribution in [0.3, 0.4) is 0 Å². The number of nitrogens with one attached hydrogen (secondary N) is 1. The molecule has 1 fully saturated rings. The Balaban J connectivity index is 2.03. The maximum Gasteiger partial charge on any atom is 0.139 e. The third-order valence-corrected chi connectivity index (χ3v) is 4.77. The molecule has 0 aliphatic carbocycles. The van der Waals surface area contributed by atoms with E-state index in [9.17, 15) is 5.11 Å². The highest BCUT2D eigenvalue weighted by molar-refractivity contribution is 7.99. The number of aromatic hydroxyl groups is 1. The summed E-state index contributed by atoms with van der Waals surface area (Å²) in [6.45, 7) is 0. The number of phenols is 1. The van der Waals surface area contributed by atoms with Crippen molar-refractivity contribution in [2.24, 2.45) is 11.7 Å². The van der Waals surface area contributed by atoms with Crippen LogP contribution >= 0.6 is 11.8 Å². The van der Waals surface area contributed by atoms with Crippen LogP contribution in [0.15, 0.2) is 18.2 Å². The lowest BCUT2D eigenvalue weighted by Gasteiger charge is -2.41. The maximum absolute atomic E-state index is 9.84. The van der Waals surface area contributed by atoms with E-state index in [1.54, 1.807) is 6.07 Å². The zero-order valence-corrected chi connectivity index (χ0v) is 9.83. The minimum atomic E-state index is 0.0566. The minimum absolute atomic E-state index is 0.0566. The smallest absolute Gasteiger partial charge is 0.139 e. The molecule has 2 aliphatic heterocycles. The summed E-state index contributed by atoms with van der Waals surface area (Å²) in [4.78, 5) is 0. The van der Waals surface area contributed by atoms with Gasteiger partial charge in [0.2, 0.25) is 0 Å². The van der Waals surface area contributed by atoms with Crippen LogP contribution in [0.5, 0.6) is 5.75 Å². The van der Waals surface area contributed by atoms with Crippen molar-refractivity contribution in [1.82, 2.24) is 0 Å². The Labute approximate surface area is 99.4 Å². The summed E-state index contributed by atoms with van der Waals surface area (Å²) in [6.07, 6.45) is 1.14. The maximum atomic E-state index is 9.84. The molecule has 4 N–H and O–H groups in total. The first kappa shape index (κ1) is 10.3. The molecule has 0 bridgehead atoms. The van der Waals surface area contributed by atoms with Gasteiger partial charge < -0.3 is 16.2 Å². The molecule has 3 unspecified atom stereocenters. The van der Waals surface area contributed by atoms with E-state index < -0.39 is 0 Å². The number of para-hydroxylation sites is 1. The Morgan fingerprint density at radius 1 is 1.44 bits per heavy atom. The normalized spacial score (nSPS) is 32.4. The van der Waals surface area contributed by atoms with E-state index in [2.05, 4.69) is 5.32 Å². The average molecular weight is 236 g/mol. The molecular formula is C12H16N2OS. The second-order valence-electron chi connectivity index (χ2n) is 4.55. The Bertz CT molecular complexity index is 410. The molecule has 3 rings (SSSR count). The summed E-state index contributed by atoms with van der Waals surface area (Å²) < 4.78 is 0. The summed E-state index contributed by atoms with van der Waals surface area (Å²) >= 11 is 1.98. The van der Waals surface area contributed by atoms with Crippen LogP contribution in [0, 0.1) is 5.92 Å². The van der Waals surface area contributed by atoms with Gasteiger partial charge in [-0.2, -0.15) is 11.8 Å². The molecule has 0 amide bonds. The molecule has 3 atom stereocenters. The van der Waals surface area contributed by atoms with Gasteiger partial charge in [-0.15, -0.1) is 0 Å². The van der Waals surface area contributed by atoms with Gasteiger partial charge in [0.15, 0.2) is 0 Å². The lowest BCUT2D eigenvalue weighted by Crippen LogP contribution is -2.44. The number of hydrogen-bond donors (Lipinski definition) is 3. The van der Waals surface area contributed by atoms with Crippen LogP contribution in [0.2, 0.25) is 0 Å². The summed E-state index contributed by atoms with van der Waals surface area (Å²) in [5, 5.41) is 13.3. The van der Waals surface area contributed by atoms with E-state index in [1.807, 2.05) is 23.9 Å². The van der Waals surface area contributed by atoms with Crippen molar-refractivity contribution >= 4 is 17.4 Å². The molecule has 2 aliphatic rings. The largest absolute Gasteiger partial charge is 0.506 e. The molecule has 4 heteroatoms. The summed E-state index contributed by atoms with van der Waals surface area (Å²) in [7, 11) is 0. The molecular weight excluding hydrogens is 220 g/mol. The molecule has 1 aromatic carbocycles. The zero-order chi connectivity index (χ0) is 11.1. The molecule has 86 valence electrons. The third-order valence-electron chi connectivity index (χ3n) is 3.63. The molecule has 0 spiro atoms. The number of fused-ring (bicyclic) bond motifs is 2. The molecule has 1 aromatic rings. The number of thioether (sulfide) groups is 1. The SMILES string of the molecule is NC1c2cccc(O)c2NC2CCSCC21. The van der Waals surface area contributed by atoms with Gasteiger partial charge >= 0.3 is 0 Å². The topological polar surface area (TPSA) is 58.3 Å². The van der Waals surface area contributed by atoms with Gasteiger partial charge in [0.1, 0.15) is 5.75 Å². The third kappa shape index (κ3) is 1.48. The van der Waals surface area contributed by atoms with E-state index in [0.717, 1.165) is 23.4 Å². The Morgan fingerprint density at radius 3 is 3.19 bits per heavy atom. The van der Waals surface area contributed by atoms with Crippen molar-refractivity contribution in [2.45, 2.75) is 18.5 Å². The van der Waals surface area contributed by atoms with E-state index in [1.165, 1.54) is 5.75 Å². The number of anilines is 1. The van der Waals surface area contributed by atoms with Crippen LogP contribution in [0.1, 0.15) is 18.0 Å². The molecule has 2 heterocycles. The van der Waals surface area contributed by atoms with Gasteiger partial charge in [0, 0.05) is 18.0 Å². The Hall–Kier alpha value is -0.870. The van der Waals surface area contributed by atoms with Crippen molar-refractivity contribution in [3.8, 4) is 5.75 Å². The first-order chi connectivity index (χ1) is 7.77. The van der Waals surface area contributed by atoms with Crippen molar-refractivity contribution < 1.29 is 5.11 Å². The first-order valence-corrected chi connectivity index (χ1v) is 6.84. The quantitative estimate of drug-likeness (QED) is 0.603. The predicted octanol–water partition coefficient (Wildman–Crippen LogP) is 1.94. The van der Waals surface area contributed by atoms with Gasteiger partial charge in [-0.1, -0.05) is 12.1 Å². The highest BCUT2D eigenvalue weighted by Crippen LogP contribution is 2.43. The number of hydrogen-bond acceptors (Lipinski definition) is 4. The summed E-state index contributed by atoms with van der Waals surface area (Å²) in [5.41, 5.74) is 8.21. The fourth-order valence-corrected chi connectivity index (χ4v) is 4.00. The minimum Gasteiger partial charge on any atom is -0.506 e. The zero-order valence-electron chi connectivity index (χ0n) is 9.02. The molecule has 0 saturated carbocycles. The van der Waals surface area contributed by atoms with Gasteiger partial charge in [0.25, 0.3) is 0 Å². The van der Waals surface area contributed by atoms with Crippen LogP contribution in [0.4, 0.5) is 5.69 Å². The molecule has 0 aromatic heterocycles. The predicted molar refractivity (Wildman–Crippen MR) is 67.9 cm³/mol. The van der Waals surface area contributed by atoms with Gasteiger partial charge in [-0.25, -0.2) is 0 Å². The van der Waals surface area contributed by atoms with Gasteiger partial charge in [0.05, 0.1) is 5.69 Å². The fourth-order valence-electron chi connectivity index (χ4n) is 2.70. The van der Waals surface area contributed by atoms with Crippen molar-refractivity contribution in [3.05, 3.63) is 23.8 Å². The van der Waals surface area contributed by atoms with Crippen LogP contribution in [0.25, 0.3) is 0 Å². The van der Waals surface area contributed by atoms with Crippen LogP contribution in [-0.2, 0) is 0 Å². The van der Waals surface area contributed by atoms with E-state index >= 15 is 0 Å². The average Bonchev–Trinajstić information content (AvgIpc) is 2.31. The van der Waals surface area contributed by atoms with Crippen LogP contribution in [-0.4, -0.2) is 22.7 Å². The fraction of sp³-hybridized carbons (Fsp3) is 0.500. The number of nitrogens with two attached hydrogens (primary N) is 1. The van der Waals surface area contributed by atoms with Gasteiger partial charge in [-0.3, -0.25) is 0 Å². The van der Waals surface area contributed by atoms with Crippen LogP contribution < -0.4 is 11.1 Å². The Kier molecular flexibility index (Phi) is 2.48. The second-order valence-corrected chi connectivity index (χ2v) is 5.70. The van der Waals surface area contributed by atoms with E-state index in [4.69, 9.17) is 5.73 Å². The molecule has 1 saturated heterocycles. The lowest BCUT2D eigenvalue weighted by atomic mass is 9.82. The standard InChI is InChI=1S/C12H16N2OS/c13-11-7-2-1-3-10(15)12(7)14-9-4-5-16-6-8(9)11/h1-3,8-9,11,14-15H,4-6,13H2. The van der Waals surface area contributed by atoms with E-state index in [-0.39, 0.29) is 6.04 Å². The lowest BCUT2D eigenvalue weighted by molar-refractivity contribution is 0.376. The molecule has 16 heavy (non-hydrogen) atoms. The van der Waals surface area contributed by atoms with E-state index in [0.29, 0.717) is 17.7 Å². The number of benzene rings is 1. The first-order valence-electron chi connectivity index (χ1n) is 5.69. The van der Waals surface area contributed by atoms with Crippen molar-refractivity contribution in [3.63, 3.8) is 0 Å². The Morgan fingerprint density at radius 2 is 2.31 bits per heavy atom. The molecule has 0 radical (unpaired) electrons. The highest BCUT2D eigenvalue weighted by Gasteiger charge is 2.37. The summed E-state index contributed by atoms with van der Waals surface area (Å²) in [5.74, 6) is 3.12. The summed E-state index contributed by atoms with van der Waals surface area (Å²) in [6, 6.07) is 6.09. The van der Waals surface area contributed by atoms with Crippen molar-refractivity contribution in [1.29, 1.82) is 0 Å². The number of phenolic OH excluding ortho intramolecular Hbond substituents is 1. The second kappa shape index (κ2) is 3.86. The molecule has 3 nitrogen and oxygen atoms in total. The highest BCUT2D eigenvalue weighted by atomic mass is 32.2. The van der Waals surface area contributed by atoms with Crippen molar-refractivity contribution in [2.75, 3.05) is 16.8 Å². The number of rotatable bonds is 0. The van der Waals surface area contributed by atoms with Gasteiger partial charge in [-0.05, 0) is 29.6 Å². The monoisotopic (exact) mass is 236 g/mol.